The first-order chi connectivity index (χ1) is 6.93. The molecule has 80 valence electrons. The normalized spacial score (nSPS) is 48.0. The summed E-state index contributed by atoms with van der Waals surface area (Å²) in [6.45, 7) is 0. The number of fused-ring (bicyclic) bond motifs is 2. The van der Waals surface area contributed by atoms with Crippen molar-refractivity contribution in [3.8, 4) is 0 Å². The Labute approximate surface area is 91.4 Å². The largest absolute Gasteiger partial charge is 0.311 e. The van der Waals surface area contributed by atoms with Gasteiger partial charge < -0.3 is 5.32 Å². The van der Waals surface area contributed by atoms with Crippen LogP contribution < -0.4 is 5.32 Å². The lowest BCUT2D eigenvalue weighted by Crippen LogP contribution is -2.44. The zero-order valence-electron chi connectivity index (χ0n) is 8.87. The van der Waals surface area contributed by atoms with Gasteiger partial charge in [-0.15, -0.1) is 0 Å². The van der Waals surface area contributed by atoms with Crippen molar-refractivity contribution in [1.29, 1.82) is 0 Å². The number of nitrogens with one attached hydrogen (secondary N) is 1. The molecule has 3 aliphatic heterocycles. The van der Waals surface area contributed by atoms with Crippen molar-refractivity contribution in [3.63, 3.8) is 0 Å². The second kappa shape index (κ2) is 4.05. The van der Waals surface area contributed by atoms with E-state index in [4.69, 9.17) is 0 Å². The second-order valence-electron chi connectivity index (χ2n) is 5.27. The minimum Gasteiger partial charge on any atom is -0.311 e. The number of hydrogen-bond donors (Lipinski definition) is 1. The Morgan fingerprint density at radius 3 is 2.79 bits per heavy atom. The molecule has 3 rings (SSSR count). The number of thioether (sulfide) groups is 1. The smallest absolute Gasteiger partial charge is 0.0101 e. The van der Waals surface area contributed by atoms with Crippen molar-refractivity contribution in [2.45, 2.75) is 50.6 Å². The van der Waals surface area contributed by atoms with Gasteiger partial charge in [0, 0.05) is 12.1 Å². The Bertz CT molecular complexity index is 200. The molecule has 4 atom stereocenters. The van der Waals surface area contributed by atoms with E-state index >= 15 is 0 Å². The average molecular weight is 211 g/mol. The van der Waals surface area contributed by atoms with Crippen LogP contribution in [0.3, 0.4) is 0 Å². The molecule has 0 saturated carbocycles. The highest BCUT2D eigenvalue weighted by atomic mass is 32.2. The molecule has 3 fully saturated rings. The fourth-order valence-corrected chi connectivity index (χ4v) is 4.93. The third-order valence-electron chi connectivity index (χ3n) is 4.44. The van der Waals surface area contributed by atoms with Crippen molar-refractivity contribution >= 4 is 11.8 Å². The van der Waals surface area contributed by atoms with E-state index in [1.165, 1.54) is 50.0 Å². The van der Waals surface area contributed by atoms with Crippen LogP contribution in [-0.4, -0.2) is 23.6 Å². The van der Waals surface area contributed by atoms with E-state index in [9.17, 15) is 0 Å². The molecular weight excluding hydrogens is 190 g/mol. The van der Waals surface area contributed by atoms with Crippen LogP contribution in [0, 0.1) is 11.8 Å². The standard InChI is InChI=1S/C12H21NS/c1-2-9(8-14-7-1)11-5-3-10-4-6-12(11)13-10/h9-13H,1-8H2. The molecule has 4 unspecified atom stereocenters. The van der Waals surface area contributed by atoms with E-state index in [2.05, 4.69) is 17.1 Å². The highest BCUT2D eigenvalue weighted by Crippen LogP contribution is 2.40. The van der Waals surface area contributed by atoms with E-state index in [0.29, 0.717) is 0 Å². The quantitative estimate of drug-likeness (QED) is 0.715. The van der Waals surface area contributed by atoms with Crippen LogP contribution in [-0.2, 0) is 0 Å². The molecule has 0 aliphatic carbocycles. The third-order valence-corrected chi connectivity index (χ3v) is 5.68. The lowest BCUT2D eigenvalue weighted by molar-refractivity contribution is 0.208. The summed E-state index contributed by atoms with van der Waals surface area (Å²) >= 11 is 2.20. The predicted molar refractivity (Wildman–Crippen MR) is 62.7 cm³/mol. The minimum absolute atomic E-state index is 0.896. The summed E-state index contributed by atoms with van der Waals surface area (Å²) in [5.41, 5.74) is 0. The first-order valence-corrected chi connectivity index (χ1v) is 7.43. The van der Waals surface area contributed by atoms with Crippen LogP contribution in [0.15, 0.2) is 0 Å². The van der Waals surface area contributed by atoms with Gasteiger partial charge in [0.15, 0.2) is 0 Å². The summed E-state index contributed by atoms with van der Waals surface area (Å²) < 4.78 is 0. The van der Waals surface area contributed by atoms with Crippen LogP contribution in [0.4, 0.5) is 0 Å². The van der Waals surface area contributed by atoms with Gasteiger partial charge in [-0.25, -0.2) is 0 Å². The molecule has 0 spiro atoms. The van der Waals surface area contributed by atoms with Crippen molar-refractivity contribution in [2.24, 2.45) is 11.8 Å². The molecule has 3 aliphatic rings. The molecule has 14 heavy (non-hydrogen) atoms. The van der Waals surface area contributed by atoms with E-state index < -0.39 is 0 Å². The van der Waals surface area contributed by atoms with Crippen molar-refractivity contribution < 1.29 is 0 Å². The zero-order chi connectivity index (χ0) is 9.38. The van der Waals surface area contributed by atoms with Crippen molar-refractivity contribution in [2.75, 3.05) is 11.5 Å². The first kappa shape index (κ1) is 9.53. The van der Waals surface area contributed by atoms with Gasteiger partial charge in [0.05, 0.1) is 0 Å². The van der Waals surface area contributed by atoms with Crippen molar-refractivity contribution in [1.82, 2.24) is 5.32 Å². The summed E-state index contributed by atoms with van der Waals surface area (Å²) in [5.74, 6) is 4.95. The van der Waals surface area contributed by atoms with Gasteiger partial charge in [0.1, 0.15) is 0 Å². The molecule has 2 heteroatoms. The highest BCUT2D eigenvalue weighted by molar-refractivity contribution is 7.99. The Balaban J connectivity index is 1.65. The van der Waals surface area contributed by atoms with Gasteiger partial charge >= 0.3 is 0 Å². The fourth-order valence-electron chi connectivity index (χ4n) is 3.68. The SMILES string of the molecule is C1CSCC(C2CCC3CCC2N3)C1. The van der Waals surface area contributed by atoms with E-state index in [1.807, 2.05) is 0 Å². The summed E-state index contributed by atoms with van der Waals surface area (Å²) in [4.78, 5) is 0. The van der Waals surface area contributed by atoms with E-state index in [1.54, 1.807) is 0 Å². The molecule has 3 saturated heterocycles. The maximum atomic E-state index is 3.83. The topological polar surface area (TPSA) is 12.0 Å². The average Bonchev–Trinajstić information content (AvgIpc) is 2.62. The maximum Gasteiger partial charge on any atom is 0.0101 e. The Morgan fingerprint density at radius 1 is 1.00 bits per heavy atom. The molecule has 0 aromatic carbocycles. The van der Waals surface area contributed by atoms with E-state index in [-0.39, 0.29) is 0 Å². The van der Waals surface area contributed by atoms with E-state index in [0.717, 1.165) is 23.9 Å². The molecular formula is C12H21NS. The van der Waals surface area contributed by atoms with Gasteiger partial charge in [-0.2, -0.15) is 11.8 Å². The number of hydrogen-bond acceptors (Lipinski definition) is 2. The van der Waals surface area contributed by atoms with Crippen molar-refractivity contribution in [3.05, 3.63) is 0 Å². The molecule has 0 aromatic heterocycles. The highest BCUT2D eigenvalue weighted by Gasteiger charge is 2.39. The summed E-state index contributed by atoms with van der Waals surface area (Å²) in [5, 5.41) is 3.83. The van der Waals surface area contributed by atoms with Gasteiger partial charge in [-0.3, -0.25) is 0 Å². The van der Waals surface area contributed by atoms with Crippen LogP contribution >= 0.6 is 11.8 Å². The Hall–Kier alpha value is 0.310. The predicted octanol–water partition coefficient (Wildman–Crippen LogP) is 2.66. The van der Waals surface area contributed by atoms with Crippen LogP contribution in [0.5, 0.6) is 0 Å². The molecule has 0 aromatic rings. The maximum absolute atomic E-state index is 3.83. The Morgan fingerprint density at radius 2 is 1.93 bits per heavy atom. The lowest BCUT2D eigenvalue weighted by atomic mass is 9.79. The number of rotatable bonds is 1. The van der Waals surface area contributed by atoms with Crippen LogP contribution in [0.1, 0.15) is 38.5 Å². The molecule has 1 N–H and O–H groups in total. The number of piperidine rings is 1. The molecule has 0 radical (unpaired) electrons. The fraction of sp³-hybridized carbons (Fsp3) is 1.00. The summed E-state index contributed by atoms with van der Waals surface area (Å²) in [6.07, 6.45) is 8.90. The van der Waals surface area contributed by atoms with Gasteiger partial charge in [-0.1, -0.05) is 0 Å². The minimum atomic E-state index is 0.896. The van der Waals surface area contributed by atoms with Crippen LogP contribution in [0.2, 0.25) is 0 Å². The lowest BCUT2D eigenvalue weighted by Gasteiger charge is -2.37. The monoisotopic (exact) mass is 211 g/mol. The molecule has 1 nitrogen and oxygen atoms in total. The second-order valence-corrected chi connectivity index (χ2v) is 6.42. The first-order valence-electron chi connectivity index (χ1n) is 6.27. The molecule has 2 bridgehead atoms. The molecule has 0 amide bonds. The van der Waals surface area contributed by atoms with Crippen LogP contribution in [0.25, 0.3) is 0 Å². The summed E-state index contributed by atoms with van der Waals surface area (Å²) in [7, 11) is 0. The third kappa shape index (κ3) is 1.71. The summed E-state index contributed by atoms with van der Waals surface area (Å²) in [6, 6.07) is 1.80. The van der Waals surface area contributed by atoms with Gasteiger partial charge in [0.25, 0.3) is 0 Å². The zero-order valence-corrected chi connectivity index (χ0v) is 9.69. The Kier molecular flexibility index (Phi) is 2.76. The van der Waals surface area contributed by atoms with Gasteiger partial charge in [-0.05, 0) is 61.9 Å². The molecule has 3 heterocycles. The van der Waals surface area contributed by atoms with Gasteiger partial charge in [0.2, 0.25) is 0 Å².